The monoisotopic (exact) mass is 301 g/mol. The average molecular weight is 301 g/mol. The van der Waals surface area contributed by atoms with E-state index in [9.17, 15) is 9.59 Å². The van der Waals surface area contributed by atoms with Crippen LogP contribution in [0.3, 0.4) is 0 Å². The van der Waals surface area contributed by atoms with E-state index in [4.69, 9.17) is 18.0 Å². The van der Waals surface area contributed by atoms with Gasteiger partial charge in [0.25, 0.3) is 0 Å². The Balaban J connectivity index is 5.01. The van der Waals surface area contributed by atoms with Crippen molar-refractivity contribution in [1.82, 2.24) is 10.2 Å². The van der Waals surface area contributed by atoms with Crippen molar-refractivity contribution < 1.29 is 9.59 Å². The summed E-state index contributed by atoms with van der Waals surface area (Å²) in [7, 11) is 3.28. The molecule has 0 unspecified atom stereocenters. The van der Waals surface area contributed by atoms with Crippen LogP contribution >= 0.6 is 12.2 Å². The predicted octanol–water partition coefficient (Wildman–Crippen LogP) is 1.45. The summed E-state index contributed by atoms with van der Waals surface area (Å²) >= 11 is 5.17. The van der Waals surface area contributed by atoms with Gasteiger partial charge in [-0.15, -0.1) is 0 Å². The van der Waals surface area contributed by atoms with Gasteiger partial charge in [0, 0.05) is 27.1 Å². The quantitative estimate of drug-likeness (QED) is 0.632. The average Bonchev–Trinajstić information content (AvgIpc) is 2.42. The zero-order chi connectivity index (χ0) is 15.8. The Morgan fingerprint density at radius 3 is 2.10 bits per heavy atom. The van der Waals surface area contributed by atoms with Crippen LogP contribution in [0.25, 0.3) is 0 Å². The number of nitrogens with zero attached hydrogens (tertiary/aromatic N) is 1. The molecule has 0 aliphatic heterocycles. The molecule has 0 saturated carbocycles. The number of nitrogens with one attached hydrogen (secondary N) is 1. The summed E-state index contributed by atoms with van der Waals surface area (Å²) in [6.45, 7) is 4.40. The molecule has 0 aromatic carbocycles. The summed E-state index contributed by atoms with van der Waals surface area (Å²) in [4.78, 5) is 25.8. The fourth-order valence-corrected chi connectivity index (χ4v) is 2.70. The SMILES string of the molecule is CCCC(CCC)(C(=O)N(C)CCC(=O)NC)C(N)=S. The second-order valence-electron chi connectivity index (χ2n) is 5.10. The third-order valence-corrected chi connectivity index (χ3v) is 3.93. The maximum atomic E-state index is 12.7. The molecule has 6 heteroatoms. The van der Waals surface area contributed by atoms with Gasteiger partial charge in [-0.2, -0.15) is 0 Å². The van der Waals surface area contributed by atoms with Crippen molar-refractivity contribution in [3.8, 4) is 0 Å². The van der Waals surface area contributed by atoms with Crippen LogP contribution in [-0.4, -0.2) is 42.3 Å². The maximum Gasteiger partial charge on any atom is 0.235 e. The number of hydrogen-bond acceptors (Lipinski definition) is 3. The zero-order valence-corrected chi connectivity index (χ0v) is 13.8. The second kappa shape index (κ2) is 8.89. The van der Waals surface area contributed by atoms with E-state index in [-0.39, 0.29) is 23.2 Å². The minimum absolute atomic E-state index is 0.0717. The van der Waals surface area contributed by atoms with E-state index in [0.717, 1.165) is 12.8 Å². The van der Waals surface area contributed by atoms with Gasteiger partial charge in [-0.05, 0) is 12.8 Å². The van der Waals surface area contributed by atoms with Crippen molar-refractivity contribution >= 4 is 29.0 Å². The Morgan fingerprint density at radius 1 is 1.25 bits per heavy atom. The summed E-state index contributed by atoms with van der Waals surface area (Å²) in [5, 5.41) is 2.54. The molecule has 0 aromatic rings. The molecule has 0 aliphatic carbocycles. The molecule has 0 spiro atoms. The number of carbonyl (C=O) groups excluding carboxylic acids is 2. The van der Waals surface area contributed by atoms with Gasteiger partial charge in [-0.3, -0.25) is 9.59 Å². The Kier molecular flexibility index (Phi) is 8.37. The van der Waals surface area contributed by atoms with Gasteiger partial charge >= 0.3 is 0 Å². The molecule has 0 heterocycles. The van der Waals surface area contributed by atoms with E-state index < -0.39 is 5.41 Å². The highest BCUT2D eigenvalue weighted by Gasteiger charge is 2.41. The molecule has 0 atom stereocenters. The highest BCUT2D eigenvalue weighted by molar-refractivity contribution is 7.80. The van der Waals surface area contributed by atoms with E-state index >= 15 is 0 Å². The molecular weight excluding hydrogens is 274 g/mol. The van der Waals surface area contributed by atoms with Crippen molar-refractivity contribution in [1.29, 1.82) is 0 Å². The van der Waals surface area contributed by atoms with E-state index in [0.29, 0.717) is 19.4 Å². The molecule has 116 valence electrons. The number of nitrogens with two attached hydrogens (primary N) is 1. The summed E-state index contributed by atoms with van der Waals surface area (Å²) in [5.74, 6) is -0.158. The van der Waals surface area contributed by atoms with Gasteiger partial charge in [0.05, 0.1) is 10.4 Å². The second-order valence-corrected chi connectivity index (χ2v) is 5.54. The lowest BCUT2D eigenvalue weighted by Gasteiger charge is -2.35. The number of rotatable bonds is 9. The van der Waals surface area contributed by atoms with Crippen LogP contribution in [0.15, 0.2) is 0 Å². The van der Waals surface area contributed by atoms with Crippen molar-refractivity contribution in [2.75, 3.05) is 20.6 Å². The maximum absolute atomic E-state index is 12.7. The van der Waals surface area contributed by atoms with Crippen LogP contribution in [0.5, 0.6) is 0 Å². The first-order chi connectivity index (χ1) is 9.35. The number of amides is 2. The minimum atomic E-state index is -0.768. The largest absolute Gasteiger partial charge is 0.392 e. The minimum Gasteiger partial charge on any atom is -0.392 e. The highest BCUT2D eigenvalue weighted by Crippen LogP contribution is 2.32. The summed E-state index contributed by atoms with van der Waals surface area (Å²) in [6.07, 6.45) is 3.27. The van der Waals surface area contributed by atoms with Gasteiger partial charge in [-0.1, -0.05) is 38.9 Å². The van der Waals surface area contributed by atoms with Crippen molar-refractivity contribution in [3.05, 3.63) is 0 Å². The molecule has 0 rings (SSSR count). The summed E-state index contributed by atoms with van der Waals surface area (Å²) < 4.78 is 0. The van der Waals surface area contributed by atoms with Crippen molar-refractivity contribution in [2.24, 2.45) is 11.1 Å². The van der Waals surface area contributed by atoms with Gasteiger partial charge in [0.1, 0.15) is 0 Å². The first-order valence-corrected chi connectivity index (χ1v) is 7.52. The zero-order valence-electron chi connectivity index (χ0n) is 13.0. The molecular formula is C14H27N3O2S. The van der Waals surface area contributed by atoms with E-state index in [1.54, 1.807) is 19.0 Å². The molecule has 0 aromatic heterocycles. The molecule has 0 radical (unpaired) electrons. The summed E-state index contributed by atoms with van der Waals surface area (Å²) in [5.41, 5.74) is 5.10. The van der Waals surface area contributed by atoms with Crippen LogP contribution < -0.4 is 11.1 Å². The fraction of sp³-hybridized carbons (Fsp3) is 0.786. The van der Waals surface area contributed by atoms with Gasteiger partial charge in [0.15, 0.2) is 0 Å². The predicted molar refractivity (Wildman–Crippen MR) is 85.4 cm³/mol. The Hall–Kier alpha value is -1.17. The van der Waals surface area contributed by atoms with Crippen molar-refractivity contribution in [3.63, 3.8) is 0 Å². The molecule has 3 N–H and O–H groups in total. The van der Waals surface area contributed by atoms with Crippen LogP contribution in [0.4, 0.5) is 0 Å². The van der Waals surface area contributed by atoms with Gasteiger partial charge < -0.3 is 16.0 Å². The van der Waals surface area contributed by atoms with E-state index in [1.165, 1.54) is 0 Å². The molecule has 5 nitrogen and oxygen atoms in total. The van der Waals surface area contributed by atoms with Crippen LogP contribution in [0.1, 0.15) is 46.0 Å². The standard InChI is InChI=1S/C14H27N3O2S/c1-5-8-14(9-6-2,12(15)20)13(19)17(4)10-7-11(18)16-3/h5-10H2,1-4H3,(H2,15,20)(H,16,18). The van der Waals surface area contributed by atoms with Crippen LogP contribution in [-0.2, 0) is 9.59 Å². The number of hydrogen-bond donors (Lipinski definition) is 2. The number of thiocarbonyl (C=S) groups is 1. The van der Waals surface area contributed by atoms with Crippen LogP contribution in [0, 0.1) is 5.41 Å². The number of carbonyl (C=O) groups is 2. The molecule has 0 fully saturated rings. The Bertz CT molecular complexity index is 352. The first-order valence-electron chi connectivity index (χ1n) is 7.11. The fourth-order valence-electron chi connectivity index (χ4n) is 2.41. The third kappa shape index (κ3) is 4.74. The lowest BCUT2D eigenvalue weighted by Crippen LogP contribution is -2.50. The van der Waals surface area contributed by atoms with Crippen LogP contribution in [0.2, 0.25) is 0 Å². The molecule has 20 heavy (non-hydrogen) atoms. The van der Waals surface area contributed by atoms with Gasteiger partial charge in [0.2, 0.25) is 11.8 Å². The summed E-state index contributed by atoms with van der Waals surface area (Å²) in [6, 6.07) is 0. The third-order valence-electron chi connectivity index (χ3n) is 3.53. The molecule has 2 amide bonds. The lowest BCUT2D eigenvalue weighted by molar-refractivity contribution is -0.138. The Labute approximate surface area is 127 Å². The van der Waals surface area contributed by atoms with Crippen molar-refractivity contribution in [2.45, 2.75) is 46.0 Å². The molecule has 0 aliphatic rings. The smallest absolute Gasteiger partial charge is 0.235 e. The molecule has 0 bridgehead atoms. The Morgan fingerprint density at radius 2 is 1.75 bits per heavy atom. The highest BCUT2D eigenvalue weighted by atomic mass is 32.1. The van der Waals surface area contributed by atoms with E-state index in [1.807, 2.05) is 13.8 Å². The topological polar surface area (TPSA) is 75.4 Å². The first kappa shape index (κ1) is 18.8. The van der Waals surface area contributed by atoms with Gasteiger partial charge in [-0.25, -0.2) is 0 Å². The normalized spacial score (nSPS) is 11.0. The molecule has 0 saturated heterocycles. The van der Waals surface area contributed by atoms with E-state index in [2.05, 4.69) is 5.32 Å². The lowest BCUT2D eigenvalue weighted by atomic mass is 9.77.